The molecule has 26 heavy (non-hydrogen) atoms. The van der Waals surface area contributed by atoms with E-state index in [-0.39, 0.29) is 5.91 Å². The standard InChI is InChI=1S/C20H17N3O3/c1-13(24)23-17-8-6-16(7-9-17)22-12-18-10-11-19(26-18)14-2-4-15(5-3-14)20(21)25/h2-12H,1H3,(H2,21,25)(H,23,24). The Balaban J connectivity index is 1.70. The minimum atomic E-state index is -0.465. The number of nitrogens with one attached hydrogen (secondary N) is 1. The van der Waals surface area contributed by atoms with Gasteiger partial charge in [-0.3, -0.25) is 14.6 Å². The molecule has 130 valence electrons. The molecule has 3 N–H and O–H groups in total. The third kappa shape index (κ3) is 4.24. The van der Waals surface area contributed by atoms with Crippen LogP contribution < -0.4 is 11.1 Å². The number of anilines is 1. The van der Waals surface area contributed by atoms with E-state index in [1.807, 2.05) is 12.1 Å². The summed E-state index contributed by atoms with van der Waals surface area (Å²) in [5, 5.41) is 2.70. The van der Waals surface area contributed by atoms with Gasteiger partial charge in [-0.25, -0.2) is 0 Å². The molecule has 6 nitrogen and oxygen atoms in total. The Labute approximate surface area is 150 Å². The number of benzene rings is 2. The summed E-state index contributed by atoms with van der Waals surface area (Å²) in [5.41, 5.74) is 7.98. The fourth-order valence-corrected chi connectivity index (χ4v) is 2.35. The molecule has 0 aliphatic rings. The number of amides is 2. The molecule has 0 aliphatic carbocycles. The lowest BCUT2D eigenvalue weighted by Gasteiger charge is -2.01. The number of primary amides is 1. The summed E-state index contributed by atoms with van der Waals surface area (Å²) < 4.78 is 5.75. The molecule has 3 aromatic rings. The first-order valence-corrected chi connectivity index (χ1v) is 7.93. The van der Waals surface area contributed by atoms with Gasteiger partial charge in [0.05, 0.1) is 11.9 Å². The second-order valence-electron chi connectivity index (χ2n) is 5.63. The van der Waals surface area contributed by atoms with Crippen LogP contribution in [0.3, 0.4) is 0 Å². The number of hydrogen-bond acceptors (Lipinski definition) is 4. The van der Waals surface area contributed by atoms with Crippen molar-refractivity contribution in [2.24, 2.45) is 10.7 Å². The Bertz CT molecular complexity index is 955. The third-order valence-corrected chi connectivity index (χ3v) is 3.61. The molecule has 3 rings (SSSR count). The van der Waals surface area contributed by atoms with Crippen LogP contribution in [0.15, 0.2) is 70.1 Å². The van der Waals surface area contributed by atoms with Crippen LogP contribution in [0.5, 0.6) is 0 Å². The van der Waals surface area contributed by atoms with Gasteiger partial charge in [-0.05, 0) is 48.5 Å². The number of carbonyl (C=O) groups is 2. The van der Waals surface area contributed by atoms with E-state index >= 15 is 0 Å². The Morgan fingerprint density at radius 3 is 2.31 bits per heavy atom. The number of nitrogens with zero attached hydrogens (tertiary/aromatic N) is 1. The van der Waals surface area contributed by atoms with Crippen molar-refractivity contribution in [2.45, 2.75) is 6.92 Å². The van der Waals surface area contributed by atoms with Crippen LogP contribution in [-0.4, -0.2) is 18.0 Å². The summed E-state index contributed by atoms with van der Waals surface area (Å²) in [6.07, 6.45) is 1.62. The normalized spacial score (nSPS) is 10.8. The summed E-state index contributed by atoms with van der Waals surface area (Å²) in [6.45, 7) is 1.46. The van der Waals surface area contributed by atoms with Gasteiger partial charge in [0, 0.05) is 23.7 Å². The summed E-state index contributed by atoms with van der Waals surface area (Å²) >= 11 is 0. The molecule has 2 amide bonds. The van der Waals surface area contributed by atoms with Gasteiger partial charge in [0.1, 0.15) is 11.5 Å². The Morgan fingerprint density at radius 1 is 1.00 bits per heavy atom. The van der Waals surface area contributed by atoms with Crippen LogP contribution in [-0.2, 0) is 4.79 Å². The monoisotopic (exact) mass is 347 g/mol. The van der Waals surface area contributed by atoms with E-state index in [4.69, 9.17) is 10.2 Å². The molecule has 0 saturated heterocycles. The predicted octanol–water partition coefficient (Wildman–Crippen LogP) is 3.75. The molecule has 1 aromatic heterocycles. The van der Waals surface area contributed by atoms with Crippen molar-refractivity contribution in [1.82, 2.24) is 0 Å². The Kier molecular flexibility index (Phi) is 4.94. The Morgan fingerprint density at radius 2 is 1.69 bits per heavy atom. The van der Waals surface area contributed by atoms with E-state index in [2.05, 4.69) is 10.3 Å². The highest BCUT2D eigenvalue weighted by molar-refractivity contribution is 5.93. The average Bonchev–Trinajstić information content (AvgIpc) is 3.10. The van der Waals surface area contributed by atoms with Gasteiger partial charge in [-0.2, -0.15) is 0 Å². The SMILES string of the molecule is CC(=O)Nc1ccc(N=Cc2ccc(-c3ccc(C(N)=O)cc3)o2)cc1. The predicted molar refractivity (Wildman–Crippen MR) is 101 cm³/mol. The summed E-state index contributed by atoms with van der Waals surface area (Å²) in [5.74, 6) is 0.690. The van der Waals surface area contributed by atoms with E-state index in [0.29, 0.717) is 17.1 Å². The lowest BCUT2D eigenvalue weighted by molar-refractivity contribution is -0.114. The highest BCUT2D eigenvalue weighted by Gasteiger charge is 2.05. The lowest BCUT2D eigenvalue weighted by atomic mass is 10.1. The number of furan rings is 1. The van der Waals surface area contributed by atoms with E-state index in [1.165, 1.54) is 6.92 Å². The van der Waals surface area contributed by atoms with Crippen LogP contribution in [0.2, 0.25) is 0 Å². The summed E-state index contributed by atoms with van der Waals surface area (Å²) in [6, 6.07) is 17.7. The second kappa shape index (κ2) is 7.48. The minimum Gasteiger partial charge on any atom is -0.455 e. The zero-order chi connectivity index (χ0) is 18.5. The summed E-state index contributed by atoms with van der Waals surface area (Å²) in [4.78, 5) is 26.5. The van der Waals surface area contributed by atoms with Crippen LogP contribution in [0.4, 0.5) is 11.4 Å². The molecule has 0 atom stereocenters. The number of rotatable bonds is 5. The zero-order valence-electron chi connectivity index (χ0n) is 14.1. The topological polar surface area (TPSA) is 97.7 Å². The molecule has 0 bridgehead atoms. The molecule has 0 radical (unpaired) electrons. The van der Waals surface area contributed by atoms with E-state index in [1.54, 1.807) is 54.7 Å². The number of carbonyl (C=O) groups excluding carboxylic acids is 2. The van der Waals surface area contributed by atoms with Gasteiger partial charge < -0.3 is 15.5 Å². The van der Waals surface area contributed by atoms with Gasteiger partial charge in [0.25, 0.3) is 0 Å². The molecule has 0 aliphatic heterocycles. The van der Waals surface area contributed by atoms with Crippen molar-refractivity contribution in [3.05, 3.63) is 72.0 Å². The first kappa shape index (κ1) is 17.2. The zero-order valence-corrected chi connectivity index (χ0v) is 14.1. The lowest BCUT2D eigenvalue weighted by Crippen LogP contribution is -2.10. The minimum absolute atomic E-state index is 0.117. The average molecular weight is 347 g/mol. The molecular formula is C20H17N3O3. The summed E-state index contributed by atoms with van der Waals surface area (Å²) in [7, 11) is 0. The molecule has 2 aromatic carbocycles. The van der Waals surface area contributed by atoms with E-state index in [9.17, 15) is 9.59 Å². The van der Waals surface area contributed by atoms with Gasteiger partial charge in [0.15, 0.2) is 0 Å². The van der Waals surface area contributed by atoms with Crippen molar-refractivity contribution in [2.75, 3.05) is 5.32 Å². The molecule has 0 fully saturated rings. The fourth-order valence-electron chi connectivity index (χ4n) is 2.35. The van der Waals surface area contributed by atoms with Gasteiger partial charge in [0.2, 0.25) is 11.8 Å². The van der Waals surface area contributed by atoms with Crippen molar-refractivity contribution in [3.63, 3.8) is 0 Å². The quantitative estimate of drug-likeness (QED) is 0.688. The third-order valence-electron chi connectivity index (χ3n) is 3.61. The molecule has 1 heterocycles. The van der Waals surface area contributed by atoms with Crippen LogP contribution >= 0.6 is 0 Å². The van der Waals surface area contributed by atoms with Crippen molar-refractivity contribution in [3.8, 4) is 11.3 Å². The van der Waals surface area contributed by atoms with Crippen molar-refractivity contribution < 1.29 is 14.0 Å². The second-order valence-corrected chi connectivity index (χ2v) is 5.63. The van der Waals surface area contributed by atoms with E-state index in [0.717, 1.165) is 16.9 Å². The highest BCUT2D eigenvalue weighted by atomic mass is 16.3. The number of hydrogen-bond donors (Lipinski definition) is 2. The van der Waals surface area contributed by atoms with Crippen molar-refractivity contribution >= 4 is 29.4 Å². The molecule has 0 saturated carbocycles. The maximum atomic E-state index is 11.1. The molecule has 6 heteroatoms. The molecular weight excluding hydrogens is 330 g/mol. The first-order chi connectivity index (χ1) is 12.5. The maximum absolute atomic E-state index is 11.1. The van der Waals surface area contributed by atoms with Gasteiger partial charge >= 0.3 is 0 Å². The van der Waals surface area contributed by atoms with Crippen molar-refractivity contribution in [1.29, 1.82) is 0 Å². The maximum Gasteiger partial charge on any atom is 0.248 e. The number of nitrogens with two attached hydrogens (primary N) is 1. The smallest absolute Gasteiger partial charge is 0.248 e. The van der Waals surface area contributed by atoms with Crippen LogP contribution in [0, 0.1) is 0 Å². The fraction of sp³-hybridized carbons (Fsp3) is 0.0500. The van der Waals surface area contributed by atoms with Crippen LogP contribution in [0.1, 0.15) is 23.0 Å². The van der Waals surface area contributed by atoms with Gasteiger partial charge in [-0.15, -0.1) is 0 Å². The van der Waals surface area contributed by atoms with Crippen LogP contribution in [0.25, 0.3) is 11.3 Å². The molecule has 0 spiro atoms. The first-order valence-electron chi connectivity index (χ1n) is 7.93. The number of aliphatic imine (C=N–C) groups is 1. The van der Waals surface area contributed by atoms with Gasteiger partial charge in [-0.1, -0.05) is 12.1 Å². The Hall–Kier alpha value is -3.67. The largest absolute Gasteiger partial charge is 0.455 e. The highest BCUT2D eigenvalue weighted by Crippen LogP contribution is 2.23. The molecule has 0 unspecified atom stereocenters. The van der Waals surface area contributed by atoms with E-state index < -0.39 is 5.91 Å².